The molecular formula is C21H24N2O3. The summed E-state index contributed by atoms with van der Waals surface area (Å²) in [6, 6.07) is 10.4. The first-order valence-corrected chi connectivity index (χ1v) is 9.36. The van der Waals surface area contributed by atoms with Crippen molar-refractivity contribution in [3.63, 3.8) is 0 Å². The van der Waals surface area contributed by atoms with E-state index in [2.05, 4.69) is 17.6 Å². The van der Waals surface area contributed by atoms with Gasteiger partial charge in [0.25, 0.3) is 11.8 Å². The SMILES string of the molecule is CC(NC(=O)c1ccc(NC(=O)c2ccco2)cc1)C1CC2CCC1C2. The predicted octanol–water partition coefficient (Wildman–Crippen LogP) is 4.09. The molecule has 2 N–H and O–H groups in total. The highest BCUT2D eigenvalue weighted by Crippen LogP contribution is 2.49. The van der Waals surface area contributed by atoms with E-state index in [0.29, 0.717) is 17.2 Å². The minimum absolute atomic E-state index is 0.0517. The Morgan fingerprint density at radius 1 is 1.08 bits per heavy atom. The second-order valence-electron chi connectivity index (χ2n) is 7.61. The molecule has 2 bridgehead atoms. The smallest absolute Gasteiger partial charge is 0.291 e. The summed E-state index contributed by atoms with van der Waals surface area (Å²) in [5.74, 6) is 2.17. The summed E-state index contributed by atoms with van der Waals surface area (Å²) in [4.78, 5) is 24.5. The maximum absolute atomic E-state index is 12.5. The lowest BCUT2D eigenvalue weighted by molar-refractivity contribution is 0.0915. The fraction of sp³-hybridized carbons (Fsp3) is 0.429. The molecule has 2 amide bonds. The van der Waals surface area contributed by atoms with E-state index in [0.717, 1.165) is 11.8 Å². The molecule has 4 unspecified atom stereocenters. The molecule has 26 heavy (non-hydrogen) atoms. The molecule has 4 rings (SSSR count). The molecule has 5 heteroatoms. The van der Waals surface area contributed by atoms with Crippen molar-refractivity contribution in [3.8, 4) is 0 Å². The second-order valence-corrected chi connectivity index (χ2v) is 7.61. The molecule has 1 aromatic heterocycles. The van der Waals surface area contributed by atoms with Crippen LogP contribution < -0.4 is 10.6 Å². The summed E-state index contributed by atoms with van der Waals surface area (Å²) in [6.07, 6.45) is 6.74. The highest BCUT2D eigenvalue weighted by Gasteiger charge is 2.42. The minimum Gasteiger partial charge on any atom is -0.459 e. The molecule has 0 radical (unpaired) electrons. The number of furan rings is 1. The zero-order valence-electron chi connectivity index (χ0n) is 14.9. The molecule has 1 heterocycles. The summed E-state index contributed by atoms with van der Waals surface area (Å²) < 4.78 is 5.07. The van der Waals surface area contributed by atoms with Crippen molar-refractivity contribution in [1.29, 1.82) is 0 Å². The molecule has 2 aliphatic carbocycles. The Balaban J connectivity index is 1.34. The molecule has 2 aromatic rings. The van der Waals surface area contributed by atoms with E-state index in [1.165, 1.54) is 31.9 Å². The largest absolute Gasteiger partial charge is 0.459 e. The predicted molar refractivity (Wildman–Crippen MR) is 99.0 cm³/mol. The summed E-state index contributed by atoms with van der Waals surface area (Å²) in [6.45, 7) is 2.13. The van der Waals surface area contributed by atoms with Gasteiger partial charge in [-0.25, -0.2) is 0 Å². The second kappa shape index (κ2) is 6.98. The molecule has 2 saturated carbocycles. The number of anilines is 1. The molecule has 0 aliphatic heterocycles. The lowest BCUT2D eigenvalue weighted by Crippen LogP contribution is -2.40. The van der Waals surface area contributed by atoms with Gasteiger partial charge >= 0.3 is 0 Å². The van der Waals surface area contributed by atoms with Gasteiger partial charge in [-0.1, -0.05) is 6.42 Å². The Kier molecular flexibility index (Phi) is 4.53. The van der Waals surface area contributed by atoms with Gasteiger partial charge in [-0.2, -0.15) is 0 Å². The van der Waals surface area contributed by atoms with Crippen LogP contribution in [0.5, 0.6) is 0 Å². The Morgan fingerprint density at radius 3 is 2.50 bits per heavy atom. The van der Waals surface area contributed by atoms with Crippen molar-refractivity contribution in [1.82, 2.24) is 5.32 Å². The average molecular weight is 352 g/mol. The molecule has 2 fully saturated rings. The average Bonchev–Trinajstić information content (AvgIpc) is 3.39. The third-order valence-electron chi connectivity index (χ3n) is 5.94. The van der Waals surface area contributed by atoms with E-state index in [4.69, 9.17) is 4.42 Å². The van der Waals surface area contributed by atoms with Crippen LogP contribution in [0.25, 0.3) is 0 Å². The van der Waals surface area contributed by atoms with Gasteiger partial charge in [-0.15, -0.1) is 0 Å². The summed E-state index contributed by atoms with van der Waals surface area (Å²) in [5.41, 5.74) is 1.24. The number of carbonyl (C=O) groups is 2. The number of hydrogen-bond donors (Lipinski definition) is 2. The summed E-state index contributed by atoms with van der Waals surface area (Å²) >= 11 is 0. The van der Waals surface area contributed by atoms with Crippen molar-refractivity contribution < 1.29 is 14.0 Å². The Labute approximate surface area is 153 Å². The first-order chi connectivity index (χ1) is 12.6. The zero-order chi connectivity index (χ0) is 18.1. The van der Waals surface area contributed by atoms with Gasteiger partial charge < -0.3 is 15.1 Å². The van der Waals surface area contributed by atoms with Crippen molar-refractivity contribution >= 4 is 17.5 Å². The highest BCUT2D eigenvalue weighted by molar-refractivity contribution is 6.02. The van der Waals surface area contributed by atoms with E-state index in [-0.39, 0.29) is 23.6 Å². The number of carbonyl (C=O) groups excluding carboxylic acids is 2. The van der Waals surface area contributed by atoms with Crippen molar-refractivity contribution in [2.75, 3.05) is 5.32 Å². The maximum Gasteiger partial charge on any atom is 0.291 e. The van der Waals surface area contributed by atoms with Crippen LogP contribution >= 0.6 is 0 Å². The van der Waals surface area contributed by atoms with Crippen LogP contribution in [0.4, 0.5) is 5.69 Å². The minimum atomic E-state index is -0.308. The summed E-state index contributed by atoms with van der Waals surface area (Å²) in [5, 5.41) is 5.91. The molecule has 136 valence electrons. The van der Waals surface area contributed by atoms with E-state index in [9.17, 15) is 9.59 Å². The Morgan fingerprint density at radius 2 is 1.88 bits per heavy atom. The number of hydrogen-bond acceptors (Lipinski definition) is 3. The van der Waals surface area contributed by atoms with Gasteiger partial charge in [-0.3, -0.25) is 9.59 Å². The van der Waals surface area contributed by atoms with Gasteiger partial charge in [0.2, 0.25) is 0 Å². The van der Waals surface area contributed by atoms with Crippen LogP contribution in [0.2, 0.25) is 0 Å². The van der Waals surface area contributed by atoms with Crippen LogP contribution in [-0.2, 0) is 0 Å². The van der Waals surface area contributed by atoms with E-state index in [1.807, 2.05) is 0 Å². The maximum atomic E-state index is 12.5. The molecule has 2 aliphatic rings. The quantitative estimate of drug-likeness (QED) is 0.851. The lowest BCUT2D eigenvalue weighted by atomic mass is 9.84. The van der Waals surface area contributed by atoms with Crippen LogP contribution in [0, 0.1) is 17.8 Å². The Bertz CT molecular complexity index is 782. The van der Waals surface area contributed by atoms with Crippen LogP contribution in [0.3, 0.4) is 0 Å². The first kappa shape index (κ1) is 16.9. The molecule has 4 atom stereocenters. The van der Waals surface area contributed by atoms with Gasteiger partial charge in [0.05, 0.1) is 6.26 Å². The highest BCUT2D eigenvalue weighted by atomic mass is 16.3. The van der Waals surface area contributed by atoms with Crippen LogP contribution in [-0.4, -0.2) is 17.9 Å². The van der Waals surface area contributed by atoms with E-state index < -0.39 is 0 Å². The van der Waals surface area contributed by atoms with Gasteiger partial charge in [0, 0.05) is 17.3 Å². The van der Waals surface area contributed by atoms with Crippen molar-refractivity contribution in [3.05, 3.63) is 54.0 Å². The fourth-order valence-corrected chi connectivity index (χ4v) is 4.61. The number of nitrogens with one attached hydrogen (secondary N) is 2. The van der Waals surface area contributed by atoms with Gasteiger partial charge in [-0.05, 0) is 80.3 Å². The third kappa shape index (κ3) is 3.39. The van der Waals surface area contributed by atoms with Crippen molar-refractivity contribution in [2.24, 2.45) is 17.8 Å². The van der Waals surface area contributed by atoms with Crippen LogP contribution in [0.15, 0.2) is 47.1 Å². The summed E-state index contributed by atoms with van der Waals surface area (Å²) in [7, 11) is 0. The van der Waals surface area contributed by atoms with Gasteiger partial charge in [0.15, 0.2) is 5.76 Å². The van der Waals surface area contributed by atoms with Crippen LogP contribution in [0.1, 0.15) is 53.5 Å². The fourth-order valence-electron chi connectivity index (χ4n) is 4.61. The molecule has 5 nitrogen and oxygen atoms in total. The zero-order valence-corrected chi connectivity index (χ0v) is 14.9. The topological polar surface area (TPSA) is 71.3 Å². The van der Waals surface area contributed by atoms with Gasteiger partial charge in [0.1, 0.15) is 0 Å². The lowest BCUT2D eigenvalue weighted by Gasteiger charge is -2.28. The number of rotatable bonds is 5. The normalized spacial score (nSPS) is 25.0. The van der Waals surface area contributed by atoms with Crippen molar-refractivity contribution in [2.45, 2.75) is 38.6 Å². The molecule has 0 saturated heterocycles. The molecule has 0 spiro atoms. The number of amides is 2. The first-order valence-electron chi connectivity index (χ1n) is 9.36. The number of fused-ring (bicyclic) bond motifs is 2. The molecular weight excluding hydrogens is 328 g/mol. The monoisotopic (exact) mass is 352 g/mol. The molecule has 1 aromatic carbocycles. The Hall–Kier alpha value is -2.56. The number of benzene rings is 1. The third-order valence-corrected chi connectivity index (χ3v) is 5.94. The van der Waals surface area contributed by atoms with E-state index >= 15 is 0 Å². The standard InChI is InChI=1S/C21H24N2O3/c1-13(18-12-14-4-5-16(18)11-14)22-20(24)15-6-8-17(9-7-15)23-21(25)19-3-2-10-26-19/h2-3,6-10,13-14,16,18H,4-5,11-12H2,1H3,(H,22,24)(H,23,25). The van der Waals surface area contributed by atoms with E-state index in [1.54, 1.807) is 36.4 Å².